The Morgan fingerprint density at radius 3 is 3.05 bits per heavy atom. The average molecular weight is 298 g/mol. The highest BCUT2D eigenvalue weighted by Crippen LogP contribution is 2.25. The summed E-state index contributed by atoms with van der Waals surface area (Å²) in [4.78, 5) is 0. The van der Waals surface area contributed by atoms with Gasteiger partial charge in [-0.15, -0.1) is 0 Å². The third-order valence-electron chi connectivity index (χ3n) is 3.75. The normalized spacial score (nSPS) is 20.1. The van der Waals surface area contributed by atoms with Crippen LogP contribution in [0.25, 0.3) is 0 Å². The molecule has 4 heteroatoms. The highest BCUT2D eigenvalue weighted by Gasteiger charge is 2.16. The lowest BCUT2D eigenvalue weighted by Crippen LogP contribution is -2.22. The van der Waals surface area contributed by atoms with Gasteiger partial charge in [0.15, 0.2) is 0 Å². The molecule has 0 aromatic heterocycles. The van der Waals surface area contributed by atoms with Gasteiger partial charge >= 0.3 is 0 Å². The summed E-state index contributed by atoms with van der Waals surface area (Å²) >= 11 is 6.06. The summed E-state index contributed by atoms with van der Waals surface area (Å²) in [6.07, 6.45) is 5.37. The molecule has 3 nitrogen and oxygen atoms in total. The third-order valence-corrected chi connectivity index (χ3v) is 3.99. The zero-order valence-corrected chi connectivity index (χ0v) is 12.9. The first-order valence-corrected chi connectivity index (χ1v) is 7.85. The first-order chi connectivity index (χ1) is 9.69. The van der Waals surface area contributed by atoms with Crippen LogP contribution < -0.4 is 10.5 Å². The van der Waals surface area contributed by atoms with Crippen molar-refractivity contribution in [3.63, 3.8) is 0 Å². The maximum Gasteiger partial charge on any atom is 0.122 e. The van der Waals surface area contributed by atoms with Crippen molar-refractivity contribution >= 4 is 11.6 Å². The molecule has 20 heavy (non-hydrogen) atoms. The zero-order chi connectivity index (χ0) is 14.4. The van der Waals surface area contributed by atoms with Gasteiger partial charge in [0.25, 0.3) is 0 Å². The van der Waals surface area contributed by atoms with E-state index < -0.39 is 0 Å². The van der Waals surface area contributed by atoms with E-state index in [0.717, 1.165) is 48.6 Å². The first-order valence-electron chi connectivity index (χ1n) is 7.47. The van der Waals surface area contributed by atoms with Gasteiger partial charge in [-0.05, 0) is 49.4 Å². The molecule has 1 aromatic carbocycles. The molecule has 1 fully saturated rings. The molecule has 0 saturated carbocycles. The van der Waals surface area contributed by atoms with E-state index in [-0.39, 0.29) is 6.04 Å². The number of hydrogen-bond donors (Lipinski definition) is 1. The minimum absolute atomic E-state index is 0.147. The average Bonchev–Trinajstić information content (AvgIpc) is 2.94. The lowest BCUT2D eigenvalue weighted by molar-refractivity contribution is 0.0902. The van der Waals surface area contributed by atoms with E-state index in [0.29, 0.717) is 12.7 Å². The minimum Gasteiger partial charge on any atom is -0.493 e. The van der Waals surface area contributed by atoms with E-state index in [4.69, 9.17) is 26.8 Å². The summed E-state index contributed by atoms with van der Waals surface area (Å²) in [5.74, 6) is 0.899. The molecule has 2 unspecified atom stereocenters. The van der Waals surface area contributed by atoms with Crippen LogP contribution in [0.3, 0.4) is 0 Å². The maximum atomic E-state index is 6.06. The van der Waals surface area contributed by atoms with Crippen molar-refractivity contribution in [1.29, 1.82) is 0 Å². The highest BCUT2D eigenvalue weighted by atomic mass is 35.5. The van der Waals surface area contributed by atoms with Gasteiger partial charge in [-0.25, -0.2) is 0 Å². The molecule has 1 saturated heterocycles. The summed E-state index contributed by atoms with van der Waals surface area (Å²) in [6.45, 7) is 3.66. The monoisotopic (exact) mass is 297 g/mol. The van der Waals surface area contributed by atoms with Crippen molar-refractivity contribution < 1.29 is 9.47 Å². The molecule has 2 N–H and O–H groups in total. The first kappa shape index (κ1) is 15.6. The Morgan fingerprint density at radius 1 is 1.50 bits per heavy atom. The molecule has 1 aromatic rings. The maximum absolute atomic E-state index is 6.06. The van der Waals surface area contributed by atoms with Gasteiger partial charge < -0.3 is 15.2 Å². The predicted molar refractivity (Wildman–Crippen MR) is 82.5 cm³/mol. The fourth-order valence-corrected chi connectivity index (χ4v) is 2.64. The van der Waals surface area contributed by atoms with E-state index in [2.05, 4.69) is 6.92 Å². The zero-order valence-electron chi connectivity index (χ0n) is 12.1. The van der Waals surface area contributed by atoms with Crippen molar-refractivity contribution in [2.24, 2.45) is 5.73 Å². The van der Waals surface area contributed by atoms with E-state index in [9.17, 15) is 0 Å². The van der Waals surface area contributed by atoms with Gasteiger partial charge in [0.2, 0.25) is 0 Å². The molecular weight excluding hydrogens is 274 g/mol. The van der Waals surface area contributed by atoms with Crippen LogP contribution in [0.1, 0.15) is 38.2 Å². The Bertz CT molecular complexity index is 419. The van der Waals surface area contributed by atoms with Crippen LogP contribution in [-0.4, -0.2) is 25.4 Å². The smallest absolute Gasteiger partial charge is 0.122 e. The van der Waals surface area contributed by atoms with E-state index in [1.807, 2.05) is 18.2 Å². The molecule has 0 radical (unpaired) electrons. The van der Waals surface area contributed by atoms with Crippen LogP contribution >= 0.6 is 11.6 Å². The molecule has 0 amide bonds. The van der Waals surface area contributed by atoms with Crippen molar-refractivity contribution in [3.05, 3.63) is 28.8 Å². The lowest BCUT2D eigenvalue weighted by atomic mass is 10.0. The highest BCUT2D eigenvalue weighted by molar-refractivity contribution is 6.30. The van der Waals surface area contributed by atoms with Gasteiger partial charge in [-0.2, -0.15) is 0 Å². The Hall–Kier alpha value is -0.770. The second-order valence-electron chi connectivity index (χ2n) is 5.40. The molecule has 2 atom stereocenters. The molecule has 0 aliphatic carbocycles. The Kier molecular flexibility index (Phi) is 6.14. The van der Waals surface area contributed by atoms with Crippen LogP contribution in [0.2, 0.25) is 5.02 Å². The SMILES string of the molecule is CCC(N)Cc1cc(Cl)ccc1OCCC1CCCO1. The summed E-state index contributed by atoms with van der Waals surface area (Å²) in [6, 6.07) is 5.91. The summed E-state index contributed by atoms with van der Waals surface area (Å²) in [5, 5.41) is 0.731. The van der Waals surface area contributed by atoms with Crippen molar-refractivity contribution in [3.8, 4) is 5.75 Å². The molecule has 0 spiro atoms. The molecule has 1 aliphatic heterocycles. The van der Waals surface area contributed by atoms with Crippen LogP contribution in [0.5, 0.6) is 5.75 Å². The molecule has 112 valence electrons. The number of nitrogens with two attached hydrogens (primary N) is 1. The number of hydrogen-bond acceptors (Lipinski definition) is 3. The molecule has 1 aliphatic rings. The number of ether oxygens (including phenoxy) is 2. The number of halogens is 1. The van der Waals surface area contributed by atoms with Gasteiger partial charge in [0.1, 0.15) is 5.75 Å². The summed E-state index contributed by atoms with van der Waals surface area (Å²) < 4.78 is 11.5. The fourth-order valence-electron chi connectivity index (χ4n) is 2.45. The van der Waals surface area contributed by atoms with Crippen molar-refractivity contribution in [1.82, 2.24) is 0 Å². The van der Waals surface area contributed by atoms with E-state index >= 15 is 0 Å². The largest absolute Gasteiger partial charge is 0.493 e. The quantitative estimate of drug-likeness (QED) is 0.837. The third kappa shape index (κ3) is 4.65. The lowest BCUT2D eigenvalue weighted by Gasteiger charge is -2.16. The fraction of sp³-hybridized carbons (Fsp3) is 0.625. The minimum atomic E-state index is 0.147. The van der Waals surface area contributed by atoms with Gasteiger partial charge in [-0.1, -0.05) is 18.5 Å². The molecule has 1 heterocycles. The summed E-state index contributed by atoms with van der Waals surface area (Å²) in [5.41, 5.74) is 7.13. The molecular formula is C16H24ClNO2. The van der Waals surface area contributed by atoms with Gasteiger partial charge in [-0.3, -0.25) is 0 Å². The topological polar surface area (TPSA) is 44.5 Å². The Balaban J connectivity index is 1.91. The van der Waals surface area contributed by atoms with Crippen LogP contribution in [0.15, 0.2) is 18.2 Å². The number of benzene rings is 1. The Labute approximate surface area is 126 Å². The summed E-state index contributed by atoms with van der Waals surface area (Å²) in [7, 11) is 0. The predicted octanol–water partition coefficient (Wildman–Crippen LogP) is 3.57. The van der Waals surface area contributed by atoms with Gasteiger partial charge in [0.05, 0.1) is 12.7 Å². The second-order valence-corrected chi connectivity index (χ2v) is 5.83. The van der Waals surface area contributed by atoms with Crippen molar-refractivity contribution in [2.45, 2.75) is 51.2 Å². The Morgan fingerprint density at radius 2 is 2.35 bits per heavy atom. The van der Waals surface area contributed by atoms with Crippen LogP contribution in [-0.2, 0) is 11.2 Å². The van der Waals surface area contributed by atoms with Crippen molar-refractivity contribution in [2.75, 3.05) is 13.2 Å². The number of rotatable bonds is 7. The van der Waals surface area contributed by atoms with Crippen LogP contribution in [0.4, 0.5) is 0 Å². The second kappa shape index (κ2) is 7.87. The van der Waals surface area contributed by atoms with Crippen LogP contribution in [0, 0.1) is 0 Å². The van der Waals surface area contributed by atoms with E-state index in [1.54, 1.807) is 0 Å². The van der Waals surface area contributed by atoms with Gasteiger partial charge in [0, 0.05) is 24.1 Å². The molecule has 0 bridgehead atoms. The van der Waals surface area contributed by atoms with E-state index in [1.165, 1.54) is 6.42 Å². The standard InChI is InChI=1S/C16H24ClNO2/c1-2-14(18)11-12-10-13(17)5-6-16(12)20-9-7-15-4-3-8-19-15/h5-6,10,14-15H,2-4,7-9,11,18H2,1H3. The molecule has 2 rings (SSSR count).